The van der Waals surface area contributed by atoms with Crippen LogP contribution in [0, 0.1) is 13.8 Å². The summed E-state index contributed by atoms with van der Waals surface area (Å²) in [6, 6.07) is 19.9. The molecule has 0 saturated heterocycles. The van der Waals surface area contributed by atoms with Gasteiger partial charge in [-0.3, -0.25) is 9.69 Å². The molecule has 0 N–H and O–H groups in total. The third kappa shape index (κ3) is 4.46. The Bertz CT molecular complexity index is 962. The number of amides is 1. The van der Waals surface area contributed by atoms with E-state index in [0.29, 0.717) is 19.6 Å². The van der Waals surface area contributed by atoms with Crippen LogP contribution in [0.2, 0.25) is 0 Å². The summed E-state index contributed by atoms with van der Waals surface area (Å²) in [4.78, 5) is 17.4. The molecule has 3 rings (SSSR count). The summed E-state index contributed by atoms with van der Waals surface area (Å²) < 4.78 is 1.99. The van der Waals surface area contributed by atoms with Crippen LogP contribution >= 0.6 is 0 Å². The zero-order valence-electron chi connectivity index (χ0n) is 18.7. The summed E-state index contributed by atoms with van der Waals surface area (Å²) in [5.74, 6) is 0.138. The highest BCUT2D eigenvalue weighted by atomic mass is 16.2. The fourth-order valence-corrected chi connectivity index (χ4v) is 3.99. The number of para-hydroxylation sites is 1. The normalized spacial score (nSPS) is 12.2. The summed E-state index contributed by atoms with van der Waals surface area (Å²) in [6.45, 7) is 10.3. The van der Waals surface area contributed by atoms with Crippen molar-refractivity contribution in [2.24, 2.45) is 0 Å². The van der Waals surface area contributed by atoms with E-state index in [9.17, 15) is 4.79 Å². The second kappa shape index (κ2) is 9.72. The molecule has 0 unspecified atom stereocenters. The Hall–Kier alpha value is -2.92. The molecular formula is C25H32N4O. The van der Waals surface area contributed by atoms with Gasteiger partial charge in [0, 0.05) is 30.9 Å². The first-order chi connectivity index (χ1) is 14.5. The molecule has 1 heterocycles. The van der Waals surface area contributed by atoms with E-state index in [4.69, 9.17) is 5.10 Å². The SMILES string of the molecule is CCN(CC)C(=O)[C@H](c1ccccc1)N(C)Cc1c(C)nn(-c2ccccc2)c1C. The van der Waals surface area contributed by atoms with Gasteiger partial charge in [-0.1, -0.05) is 48.5 Å². The van der Waals surface area contributed by atoms with Crippen LogP contribution in [0.5, 0.6) is 0 Å². The number of likely N-dealkylation sites (N-methyl/N-ethyl adjacent to an activating group) is 2. The Kier molecular flexibility index (Phi) is 7.06. The summed E-state index contributed by atoms with van der Waals surface area (Å²) in [6.07, 6.45) is 0. The van der Waals surface area contributed by atoms with Gasteiger partial charge in [0.05, 0.1) is 11.4 Å². The molecule has 0 fully saturated rings. The van der Waals surface area contributed by atoms with Gasteiger partial charge in [0.15, 0.2) is 0 Å². The van der Waals surface area contributed by atoms with E-state index in [1.807, 2.05) is 85.9 Å². The van der Waals surface area contributed by atoms with Gasteiger partial charge in [-0.15, -0.1) is 0 Å². The van der Waals surface area contributed by atoms with Gasteiger partial charge in [-0.25, -0.2) is 4.68 Å². The van der Waals surface area contributed by atoms with Crippen molar-refractivity contribution in [3.05, 3.63) is 83.2 Å². The summed E-state index contributed by atoms with van der Waals surface area (Å²) in [5.41, 5.74) is 5.32. The summed E-state index contributed by atoms with van der Waals surface area (Å²) in [7, 11) is 2.03. The number of hydrogen-bond donors (Lipinski definition) is 0. The fraction of sp³-hybridized carbons (Fsp3) is 0.360. The third-order valence-corrected chi connectivity index (χ3v) is 5.71. The topological polar surface area (TPSA) is 41.4 Å². The van der Waals surface area contributed by atoms with Crippen molar-refractivity contribution in [1.82, 2.24) is 19.6 Å². The second-order valence-electron chi connectivity index (χ2n) is 7.64. The summed E-state index contributed by atoms with van der Waals surface area (Å²) in [5, 5.41) is 4.77. The molecule has 5 heteroatoms. The lowest BCUT2D eigenvalue weighted by molar-refractivity contribution is -0.136. The minimum absolute atomic E-state index is 0.138. The first kappa shape index (κ1) is 21.8. The highest BCUT2D eigenvalue weighted by Gasteiger charge is 2.29. The van der Waals surface area contributed by atoms with Gasteiger partial charge in [0.25, 0.3) is 0 Å². The van der Waals surface area contributed by atoms with Crippen LogP contribution in [-0.2, 0) is 11.3 Å². The maximum absolute atomic E-state index is 13.4. The standard InChI is InChI=1S/C25H32N4O/c1-6-28(7-2)25(30)24(21-14-10-8-11-15-21)27(5)18-23-19(3)26-29(20(23)4)22-16-12-9-13-17-22/h8-17,24H,6-7,18H2,1-5H3/t24-/m0/s1. The zero-order valence-corrected chi connectivity index (χ0v) is 18.7. The fourth-order valence-electron chi connectivity index (χ4n) is 3.99. The number of hydrogen-bond acceptors (Lipinski definition) is 3. The summed E-state index contributed by atoms with van der Waals surface area (Å²) >= 11 is 0. The molecule has 158 valence electrons. The van der Waals surface area contributed by atoms with Crippen molar-refractivity contribution >= 4 is 5.91 Å². The predicted octanol–water partition coefficient (Wildman–Crippen LogP) is 4.53. The molecule has 0 radical (unpaired) electrons. The van der Waals surface area contributed by atoms with Gasteiger partial charge in [0.2, 0.25) is 5.91 Å². The molecule has 3 aromatic rings. The van der Waals surface area contributed by atoms with E-state index in [0.717, 1.165) is 28.2 Å². The van der Waals surface area contributed by atoms with E-state index in [2.05, 4.69) is 24.0 Å². The lowest BCUT2D eigenvalue weighted by atomic mass is 10.0. The first-order valence-electron chi connectivity index (χ1n) is 10.6. The maximum Gasteiger partial charge on any atom is 0.244 e. The van der Waals surface area contributed by atoms with Crippen molar-refractivity contribution in [3.8, 4) is 5.69 Å². The molecular weight excluding hydrogens is 372 g/mol. The number of aryl methyl sites for hydroxylation is 1. The molecule has 0 saturated carbocycles. The molecule has 0 aliphatic heterocycles. The van der Waals surface area contributed by atoms with Crippen molar-refractivity contribution in [1.29, 1.82) is 0 Å². The lowest BCUT2D eigenvalue weighted by Gasteiger charge is -2.32. The molecule has 0 aliphatic carbocycles. The van der Waals surface area contributed by atoms with Gasteiger partial charge in [-0.2, -0.15) is 5.10 Å². The lowest BCUT2D eigenvalue weighted by Crippen LogP contribution is -2.41. The molecule has 1 amide bonds. The van der Waals surface area contributed by atoms with E-state index in [1.165, 1.54) is 0 Å². The molecule has 1 atom stereocenters. The molecule has 1 aromatic heterocycles. The second-order valence-corrected chi connectivity index (χ2v) is 7.64. The van der Waals surface area contributed by atoms with Crippen molar-refractivity contribution < 1.29 is 4.79 Å². The number of rotatable bonds is 8. The van der Waals surface area contributed by atoms with E-state index < -0.39 is 0 Å². The van der Waals surface area contributed by atoms with Crippen molar-refractivity contribution in [2.75, 3.05) is 20.1 Å². The Morgan fingerprint density at radius 2 is 1.53 bits per heavy atom. The molecule has 0 bridgehead atoms. The predicted molar refractivity (Wildman–Crippen MR) is 122 cm³/mol. The van der Waals surface area contributed by atoms with Crippen LogP contribution in [0.15, 0.2) is 60.7 Å². The Morgan fingerprint density at radius 1 is 0.967 bits per heavy atom. The largest absolute Gasteiger partial charge is 0.342 e. The van der Waals surface area contributed by atoms with Crippen molar-refractivity contribution in [3.63, 3.8) is 0 Å². The van der Waals surface area contributed by atoms with Gasteiger partial charge >= 0.3 is 0 Å². The smallest absolute Gasteiger partial charge is 0.244 e. The molecule has 2 aromatic carbocycles. The van der Waals surface area contributed by atoms with Crippen LogP contribution in [0.3, 0.4) is 0 Å². The molecule has 0 spiro atoms. The molecule has 30 heavy (non-hydrogen) atoms. The minimum Gasteiger partial charge on any atom is -0.342 e. The number of benzene rings is 2. The number of carbonyl (C=O) groups is 1. The third-order valence-electron chi connectivity index (χ3n) is 5.71. The van der Waals surface area contributed by atoms with Crippen LogP contribution in [0.25, 0.3) is 5.69 Å². The van der Waals surface area contributed by atoms with Crippen LogP contribution in [0.4, 0.5) is 0 Å². The average molecular weight is 405 g/mol. The van der Waals surface area contributed by atoms with Gasteiger partial charge < -0.3 is 4.90 Å². The monoisotopic (exact) mass is 404 g/mol. The number of aromatic nitrogens is 2. The zero-order chi connectivity index (χ0) is 21.7. The molecule has 0 aliphatic rings. The van der Waals surface area contributed by atoms with Gasteiger partial charge in [0.1, 0.15) is 6.04 Å². The maximum atomic E-state index is 13.4. The first-order valence-corrected chi connectivity index (χ1v) is 10.6. The highest BCUT2D eigenvalue weighted by molar-refractivity contribution is 5.83. The van der Waals surface area contributed by atoms with Crippen LogP contribution < -0.4 is 0 Å². The quantitative estimate of drug-likeness (QED) is 0.554. The van der Waals surface area contributed by atoms with E-state index in [-0.39, 0.29) is 11.9 Å². The number of carbonyl (C=O) groups excluding carboxylic acids is 1. The van der Waals surface area contributed by atoms with Crippen LogP contribution in [-0.4, -0.2) is 45.6 Å². The Balaban J connectivity index is 1.94. The Labute approximate surface area is 179 Å². The van der Waals surface area contributed by atoms with Crippen molar-refractivity contribution in [2.45, 2.75) is 40.3 Å². The van der Waals surface area contributed by atoms with E-state index >= 15 is 0 Å². The van der Waals surface area contributed by atoms with E-state index in [1.54, 1.807) is 0 Å². The van der Waals surface area contributed by atoms with Crippen LogP contribution in [0.1, 0.15) is 42.4 Å². The Morgan fingerprint density at radius 3 is 2.10 bits per heavy atom. The average Bonchev–Trinajstić information content (AvgIpc) is 3.04. The highest BCUT2D eigenvalue weighted by Crippen LogP contribution is 2.26. The van der Waals surface area contributed by atoms with Gasteiger partial charge in [-0.05, 0) is 52.4 Å². The number of nitrogens with zero attached hydrogens (tertiary/aromatic N) is 4. The minimum atomic E-state index is -0.329. The molecule has 5 nitrogen and oxygen atoms in total.